The highest BCUT2D eigenvalue weighted by Crippen LogP contribution is 2.40. The van der Waals surface area contributed by atoms with E-state index in [0.717, 1.165) is 11.1 Å². The number of benzene rings is 2. The maximum absolute atomic E-state index is 13.0. The van der Waals surface area contributed by atoms with Crippen LogP contribution in [0.3, 0.4) is 0 Å². The highest BCUT2D eigenvalue weighted by atomic mass is 35.5. The van der Waals surface area contributed by atoms with E-state index in [-0.39, 0.29) is 12.3 Å². The Hall–Kier alpha value is -2.73. The van der Waals surface area contributed by atoms with Crippen molar-refractivity contribution >= 4 is 23.5 Å². The molecular formula is C20H20ClNO5. The first kappa shape index (κ1) is 19.0. The van der Waals surface area contributed by atoms with Gasteiger partial charge in [0.1, 0.15) is 0 Å². The first-order valence-electron chi connectivity index (χ1n) is 8.47. The minimum absolute atomic E-state index is 0.200. The van der Waals surface area contributed by atoms with Crippen LogP contribution in [0.5, 0.6) is 11.5 Å². The lowest BCUT2D eigenvalue weighted by atomic mass is 9.89. The number of carbonyl (C=O) groups excluding carboxylic acids is 1. The summed E-state index contributed by atoms with van der Waals surface area (Å²) in [5.41, 5.74) is 2.15. The van der Waals surface area contributed by atoms with Crippen molar-refractivity contribution in [2.45, 2.75) is 18.9 Å². The van der Waals surface area contributed by atoms with Gasteiger partial charge in [0.05, 0.1) is 26.7 Å². The van der Waals surface area contributed by atoms with E-state index in [4.69, 9.17) is 21.1 Å². The van der Waals surface area contributed by atoms with Crippen molar-refractivity contribution in [1.82, 2.24) is 4.90 Å². The number of hydrogen-bond acceptors (Lipinski definition) is 4. The second-order valence-electron chi connectivity index (χ2n) is 6.28. The number of fused-ring (bicyclic) bond motifs is 1. The number of ether oxygens (including phenoxy) is 2. The van der Waals surface area contributed by atoms with Gasteiger partial charge in [-0.2, -0.15) is 0 Å². The lowest BCUT2D eigenvalue weighted by Gasteiger charge is -2.37. The van der Waals surface area contributed by atoms with Gasteiger partial charge in [-0.3, -0.25) is 9.59 Å². The molecule has 1 aliphatic rings. The van der Waals surface area contributed by atoms with Crippen LogP contribution in [0, 0.1) is 0 Å². The van der Waals surface area contributed by atoms with Crippen LogP contribution in [-0.4, -0.2) is 42.6 Å². The fraction of sp³-hybridized carbons (Fsp3) is 0.300. The minimum Gasteiger partial charge on any atom is -0.493 e. The Labute approximate surface area is 162 Å². The summed E-state index contributed by atoms with van der Waals surface area (Å²) in [6, 6.07) is 9.67. The topological polar surface area (TPSA) is 76.1 Å². The average Bonchev–Trinajstić information content (AvgIpc) is 2.66. The van der Waals surface area contributed by atoms with E-state index in [2.05, 4.69) is 0 Å². The standard InChI is InChI=1S/C20H20ClNO5/c1-26-17-9-12-6-7-22(20(25)13-4-3-5-14(21)8-13)16(11-19(23)24)15(12)10-18(17)27-2/h3-5,8-10,16H,6-7,11H2,1-2H3,(H,23,24). The first-order valence-corrected chi connectivity index (χ1v) is 8.85. The molecule has 0 aromatic heterocycles. The number of amides is 1. The van der Waals surface area contributed by atoms with Crippen molar-refractivity contribution in [3.8, 4) is 11.5 Å². The Balaban J connectivity index is 2.04. The van der Waals surface area contributed by atoms with Gasteiger partial charge >= 0.3 is 5.97 Å². The van der Waals surface area contributed by atoms with Crippen LogP contribution in [0.2, 0.25) is 5.02 Å². The Morgan fingerprint density at radius 2 is 1.89 bits per heavy atom. The van der Waals surface area contributed by atoms with Crippen molar-refractivity contribution in [3.05, 3.63) is 58.1 Å². The second-order valence-corrected chi connectivity index (χ2v) is 6.71. The molecule has 2 aromatic rings. The third-order valence-electron chi connectivity index (χ3n) is 4.70. The molecule has 0 saturated heterocycles. The van der Waals surface area contributed by atoms with Crippen LogP contribution in [0.1, 0.15) is 33.9 Å². The Morgan fingerprint density at radius 3 is 2.52 bits per heavy atom. The summed E-state index contributed by atoms with van der Waals surface area (Å²) in [5.74, 6) is -0.139. The molecule has 3 rings (SSSR count). The lowest BCUT2D eigenvalue weighted by molar-refractivity contribution is -0.138. The van der Waals surface area contributed by atoms with Gasteiger partial charge in [-0.05, 0) is 47.9 Å². The third kappa shape index (κ3) is 3.85. The molecule has 0 bridgehead atoms. The number of aliphatic carboxylic acids is 1. The lowest BCUT2D eigenvalue weighted by Crippen LogP contribution is -2.41. The van der Waals surface area contributed by atoms with Crippen molar-refractivity contribution in [3.63, 3.8) is 0 Å². The average molecular weight is 390 g/mol. The molecule has 1 amide bonds. The Morgan fingerprint density at radius 1 is 1.19 bits per heavy atom. The summed E-state index contributed by atoms with van der Waals surface area (Å²) in [6.07, 6.45) is 0.396. The highest BCUT2D eigenvalue weighted by molar-refractivity contribution is 6.30. The van der Waals surface area contributed by atoms with Crippen LogP contribution < -0.4 is 9.47 Å². The number of rotatable bonds is 5. The van der Waals surface area contributed by atoms with Gasteiger partial charge in [0.25, 0.3) is 5.91 Å². The van der Waals surface area contributed by atoms with Crippen molar-refractivity contribution in [2.24, 2.45) is 0 Å². The Bertz CT molecular complexity index is 883. The smallest absolute Gasteiger partial charge is 0.305 e. The van der Waals surface area contributed by atoms with Crippen molar-refractivity contribution in [2.75, 3.05) is 20.8 Å². The number of nitrogens with zero attached hydrogens (tertiary/aromatic N) is 1. The first-order chi connectivity index (χ1) is 12.9. The van der Waals surface area contributed by atoms with Gasteiger partial charge in [0, 0.05) is 17.1 Å². The fourth-order valence-corrected chi connectivity index (χ4v) is 3.63. The molecule has 7 heteroatoms. The molecule has 1 unspecified atom stereocenters. The molecule has 0 aliphatic carbocycles. The van der Waals surface area contributed by atoms with Crippen LogP contribution in [-0.2, 0) is 11.2 Å². The molecule has 0 spiro atoms. The predicted octanol–water partition coefficient (Wildman–Crippen LogP) is 3.57. The van der Waals surface area contributed by atoms with Crippen LogP contribution in [0.4, 0.5) is 0 Å². The van der Waals surface area contributed by atoms with E-state index in [1.807, 2.05) is 6.07 Å². The molecule has 0 saturated carbocycles. The molecule has 142 valence electrons. The molecule has 1 heterocycles. The van der Waals surface area contributed by atoms with E-state index in [1.165, 1.54) is 7.11 Å². The molecule has 0 radical (unpaired) electrons. The quantitative estimate of drug-likeness (QED) is 0.846. The summed E-state index contributed by atoms with van der Waals surface area (Å²) in [5, 5.41) is 9.88. The van der Waals surface area contributed by atoms with Gasteiger partial charge in [0.2, 0.25) is 0 Å². The van der Waals surface area contributed by atoms with Gasteiger partial charge in [-0.15, -0.1) is 0 Å². The zero-order valence-electron chi connectivity index (χ0n) is 15.1. The predicted molar refractivity (Wildman–Crippen MR) is 101 cm³/mol. The van der Waals surface area contributed by atoms with Crippen LogP contribution >= 0.6 is 11.6 Å². The summed E-state index contributed by atoms with van der Waals surface area (Å²) >= 11 is 6.01. The Kier molecular flexibility index (Phi) is 5.56. The third-order valence-corrected chi connectivity index (χ3v) is 4.94. The van der Waals surface area contributed by atoms with E-state index in [9.17, 15) is 14.7 Å². The van der Waals surface area contributed by atoms with E-state index in [1.54, 1.807) is 42.3 Å². The van der Waals surface area contributed by atoms with Gasteiger partial charge in [-0.25, -0.2) is 0 Å². The number of hydrogen-bond donors (Lipinski definition) is 1. The molecule has 1 N–H and O–H groups in total. The van der Waals surface area contributed by atoms with Gasteiger partial charge in [0.15, 0.2) is 11.5 Å². The number of carboxylic acids is 1. The number of halogens is 1. The molecule has 2 aromatic carbocycles. The molecule has 0 fully saturated rings. The second kappa shape index (κ2) is 7.88. The monoisotopic (exact) mass is 389 g/mol. The van der Waals surface area contributed by atoms with E-state index in [0.29, 0.717) is 35.1 Å². The number of carbonyl (C=O) groups is 2. The largest absolute Gasteiger partial charge is 0.493 e. The van der Waals surface area contributed by atoms with Crippen molar-refractivity contribution in [1.29, 1.82) is 0 Å². The number of carboxylic acid groups (broad SMARTS) is 1. The zero-order valence-corrected chi connectivity index (χ0v) is 15.8. The maximum atomic E-state index is 13.0. The fourth-order valence-electron chi connectivity index (χ4n) is 3.44. The van der Waals surface area contributed by atoms with Crippen LogP contribution in [0.15, 0.2) is 36.4 Å². The summed E-state index contributed by atoms with van der Waals surface area (Å²) in [6.45, 7) is 0.409. The SMILES string of the molecule is COc1cc2c(cc1OC)C(CC(=O)O)N(C(=O)c1cccc(Cl)c1)CC2. The molecule has 1 aliphatic heterocycles. The van der Waals surface area contributed by atoms with E-state index >= 15 is 0 Å². The molecule has 6 nitrogen and oxygen atoms in total. The van der Waals surface area contributed by atoms with Gasteiger partial charge < -0.3 is 19.5 Å². The maximum Gasteiger partial charge on any atom is 0.305 e. The van der Waals surface area contributed by atoms with Crippen LogP contribution in [0.25, 0.3) is 0 Å². The summed E-state index contributed by atoms with van der Waals surface area (Å²) < 4.78 is 10.7. The van der Waals surface area contributed by atoms with Crippen molar-refractivity contribution < 1.29 is 24.2 Å². The number of methoxy groups -OCH3 is 2. The molecule has 1 atom stereocenters. The zero-order chi connectivity index (χ0) is 19.6. The molecular weight excluding hydrogens is 370 g/mol. The normalized spacial score (nSPS) is 15.8. The van der Waals surface area contributed by atoms with Gasteiger partial charge in [-0.1, -0.05) is 17.7 Å². The highest BCUT2D eigenvalue weighted by Gasteiger charge is 2.34. The van der Waals surface area contributed by atoms with E-state index < -0.39 is 12.0 Å². The summed E-state index contributed by atoms with van der Waals surface area (Å²) in [7, 11) is 3.07. The minimum atomic E-state index is -0.980. The molecule has 27 heavy (non-hydrogen) atoms. The summed E-state index contributed by atoms with van der Waals surface area (Å²) in [4.78, 5) is 26.1.